The standard InChI is InChI=1S/C16H13N3/c1-2-6-13(7-3-1)14-9-11-18-16(12-14)19-15-8-4-5-10-17-15/h1-12H,(H,17,18,19). The van der Waals surface area contributed by atoms with Gasteiger partial charge in [-0.25, -0.2) is 9.97 Å². The summed E-state index contributed by atoms with van der Waals surface area (Å²) < 4.78 is 0. The van der Waals surface area contributed by atoms with E-state index in [-0.39, 0.29) is 0 Å². The Bertz CT molecular complexity index is 651. The van der Waals surface area contributed by atoms with Crippen molar-refractivity contribution in [1.82, 2.24) is 9.97 Å². The van der Waals surface area contributed by atoms with Crippen LogP contribution in [-0.4, -0.2) is 9.97 Å². The zero-order valence-electron chi connectivity index (χ0n) is 10.3. The van der Waals surface area contributed by atoms with Gasteiger partial charge in [0.25, 0.3) is 0 Å². The van der Waals surface area contributed by atoms with Gasteiger partial charge in [-0.15, -0.1) is 0 Å². The molecule has 3 aromatic rings. The average molecular weight is 247 g/mol. The number of nitrogens with zero attached hydrogens (tertiary/aromatic N) is 2. The van der Waals surface area contributed by atoms with E-state index in [1.165, 1.54) is 5.56 Å². The van der Waals surface area contributed by atoms with E-state index >= 15 is 0 Å². The Morgan fingerprint density at radius 3 is 2.21 bits per heavy atom. The molecule has 3 rings (SSSR count). The van der Waals surface area contributed by atoms with E-state index < -0.39 is 0 Å². The van der Waals surface area contributed by atoms with Crippen LogP contribution < -0.4 is 5.32 Å². The molecule has 0 saturated carbocycles. The Hall–Kier alpha value is -2.68. The molecule has 0 amide bonds. The van der Waals surface area contributed by atoms with Crippen molar-refractivity contribution < 1.29 is 0 Å². The maximum atomic E-state index is 4.31. The van der Waals surface area contributed by atoms with Crippen LogP contribution >= 0.6 is 0 Å². The fraction of sp³-hybridized carbons (Fsp3) is 0. The molecule has 0 aliphatic heterocycles. The van der Waals surface area contributed by atoms with Gasteiger partial charge < -0.3 is 5.32 Å². The van der Waals surface area contributed by atoms with Crippen LogP contribution in [0.1, 0.15) is 0 Å². The SMILES string of the molecule is c1ccc(-c2ccnc(Nc3ccccn3)c2)cc1. The second kappa shape index (κ2) is 5.31. The molecule has 0 fully saturated rings. The number of aromatic nitrogens is 2. The van der Waals surface area contributed by atoms with Crippen LogP contribution in [0.5, 0.6) is 0 Å². The predicted octanol–water partition coefficient (Wildman–Crippen LogP) is 3.89. The molecule has 0 aliphatic carbocycles. The lowest BCUT2D eigenvalue weighted by Gasteiger charge is -2.06. The third-order valence-corrected chi connectivity index (χ3v) is 2.79. The highest BCUT2D eigenvalue weighted by molar-refractivity contribution is 5.67. The average Bonchev–Trinajstić information content (AvgIpc) is 2.49. The number of pyridine rings is 2. The molecule has 1 aromatic carbocycles. The van der Waals surface area contributed by atoms with E-state index in [4.69, 9.17) is 0 Å². The van der Waals surface area contributed by atoms with Gasteiger partial charge in [0.05, 0.1) is 0 Å². The molecule has 0 bridgehead atoms. The largest absolute Gasteiger partial charge is 0.325 e. The van der Waals surface area contributed by atoms with Crippen molar-refractivity contribution in [2.24, 2.45) is 0 Å². The van der Waals surface area contributed by atoms with Gasteiger partial charge >= 0.3 is 0 Å². The number of hydrogen-bond acceptors (Lipinski definition) is 3. The lowest BCUT2D eigenvalue weighted by molar-refractivity contribution is 1.25. The van der Waals surface area contributed by atoms with Crippen LogP contribution in [0.15, 0.2) is 73.1 Å². The molecule has 19 heavy (non-hydrogen) atoms. The Morgan fingerprint density at radius 1 is 0.632 bits per heavy atom. The summed E-state index contributed by atoms with van der Waals surface area (Å²) in [7, 11) is 0. The molecule has 0 saturated heterocycles. The molecule has 0 atom stereocenters. The fourth-order valence-electron chi connectivity index (χ4n) is 1.88. The monoisotopic (exact) mass is 247 g/mol. The summed E-state index contributed by atoms with van der Waals surface area (Å²) in [6.07, 6.45) is 3.55. The van der Waals surface area contributed by atoms with Gasteiger partial charge in [0, 0.05) is 12.4 Å². The normalized spacial score (nSPS) is 10.1. The van der Waals surface area contributed by atoms with E-state index in [2.05, 4.69) is 27.4 Å². The highest BCUT2D eigenvalue weighted by Crippen LogP contribution is 2.21. The third kappa shape index (κ3) is 2.77. The molecule has 0 radical (unpaired) electrons. The highest BCUT2D eigenvalue weighted by Gasteiger charge is 2.00. The van der Waals surface area contributed by atoms with Crippen molar-refractivity contribution in [2.75, 3.05) is 5.32 Å². The zero-order chi connectivity index (χ0) is 12.9. The quantitative estimate of drug-likeness (QED) is 0.763. The van der Waals surface area contributed by atoms with Crippen molar-refractivity contribution in [3.63, 3.8) is 0 Å². The van der Waals surface area contributed by atoms with Gasteiger partial charge in [0.2, 0.25) is 0 Å². The molecule has 0 aliphatic rings. The molecular formula is C16H13N3. The Labute approximate surface area is 112 Å². The first-order valence-electron chi connectivity index (χ1n) is 6.11. The van der Waals surface area contributed by atoms with Crippen LogP contribution in [0, 0.1) is 0 Å². The van der Waals surface area contributed by atoms with Crippen molar-refractivity contribution >= 4 is 11.6 Å². The molecule has 0 unspecified atom stereocenters. The van der Waals surface area contributed by atoms with Crippen LogP contribution in [-0.2, 0) is 0 Å². The van der Waals surface area contributed by atoms with Crippen LogP contribution in [0.25, 0.3) is 11.1 Å². The Kier molecular flexibility index (Phi) is 3.19. The molecule has 3 nitrogen and oxygen atoms in total. The van der Waals surface area contributed by atoms with E-state index in [0.717, 1.165) is 17.2 Å². The van der Waals surface area contributed by atoms with Crippen molar-refractivity contribution in [1.29, 1.82) is 0 Å². The van der Waals surface area contributed by atoms with Crippen molar-refractivity contribution in [3.05, 3.63) is 73.1 Å². The van der Waals surface area contributed by atoms with Gasteiger partial charge in [0.15, 0.2) is 0 Å². The summed E-state index contributed by atoms with van der Waals surface area (Å²) >= 11 is 0. The lowest BCUT2D eigenvalue weighted by Crippen LogP contribution is -1.95. The zero-order valence-corrected chi connectivity index (χ0v) is 10.3. The second-order valence-corrected chi connectivity index (χ2v) is 4.14. The summed E-state index contributed by atoms with van der Waals surface area (Å²) in [6, 6.07) is 20.0. The minimum atomic E-state index is 0.792. The minimum Gasteiger partial charge on any atom is -0.325 e. The van der Waals surface area contributed by atoms with Crippen molar-refractivity contribution in [2.45, 2.75) is 0 Å². The summed E-state index contributed by atoms with van der Waals surface area (Å²) in [6.45, 7) is 0. The summed E-state index contributed by atoms with van der Waals surface area (Å²) in [4.78, 5) is 8.53. The van der Waals surface area contributed by atoms with E-state index in [1.807, 2.05) is 48.5 Å². The maximum absolute atomic E-state index is 4.31. The number of benzene rings is 1. The maximum Gasteiger partial charge on any atom is 0.132 e. The fourth-order valence-corrected chi connectivity index (χ4v) is 1.88. The van der Waals surface area contributed by atoms with Gasteiger partial charge in [0.1, 0.15) is 11.6 Å². The predicted molar refractivity (Wildman–Crippen MR) is 77.2 cm³/mol. The molecule has 3 heteroatoms. The summed E-state index contributed by atoms with van der Waals surface area (Å²) in [5, 5.41) is 3.19. The first-order valence-corrected chi connectivity index (χ1v) is 6.11. The first-order chi connectivity index (χ1) is 9.42. The molecule has 92 valence electrons. The molecule has 1 N–H and O–H groups in total. The number of hydrogen-bond donors (Lipinski definition) is 1. The Balaban J connectivity index is 1.89. The summed E-state index contributed by atoms with van der Waals surface area (Å²) in [5.41, 5.74) is 2.31. The van der Waals surface area contributed by atoms with Crippen LogP contribution in [0.3, 0.4) is 0 Å². The third-order valence-electron chi connectivity index (χ3n) is 2.79. The molecule has 2 aromatic heterocycles. The number of nitrogens with one attached hydrogen (secondary N) is 1. The van der Waals surface area contributed by atoms with Crippen LogP contribution in [0.4, 0.5) is 11.6 Å². The molecule has 2 heterocycles. The topological polar surface area (TPSA) is 37.8 Å². The van der Waals surface area contributed by atoms with Gasteiger partial charge in [-0.05, 0) is 35.4 Å². The smallest absolute Gasteiger partial charge is 0.132 e. The molecular weight excluding hydrogens is 234 g/mol. The first kappa shape index (κ1) is 11.4. The number of rotatable bonds is 3. The van der Waals surface area contributed by atoms with Crippen LogP contribution in [0.2, 0.25) is 0 Å². The Morgan fingerprint density at radius 2 is 1.42 bits per heavy atom. The van der Waals surface area contributed by atoms with Gasteiger partial charge in [-0.2, -0.15) is 0 Å². The van der Waals surface area contributed by atoms with Gasteiger partial charge in [-0.1, -0.05) is 36.4 Å². The van der Waals surface area contributed by atoms with E-state index in [1.54, 1.807) is 12.4 Å². The highest BCUT2D eigenvalue weighted by atomic mass is 15.0. The second-order valence-electron chi connectivity index (χ2n) is 4.14. The minimum absolute atomic E-state index is 0.792. The van der Waals surface area contributed by atoms with E-state index in [9.17, 15) is 0 Å². The van der Waals surface area contributed by atoms with E-state index in [0.29, 0.717) is 0 Å². The van der Waals surface area contributed by atoms with Gasteiger partial charge in [-0.3, -0.25) is 0 Å². The lowest BCUT2D eigenvalue weighted by atomic mass is 10.1. The number of anilines is 2. The molecule has 0 spiro atoms. The summed E-state index contributed by atoms with van der Waals surface area (Å²) in [5.74, 6) is 1.58. The van der Waals surface area contributed by atoms with Crippen molar-refractivity contribution in [3.8, 4) is 11.1 Å².